The molecule has 1 atom stereocenters. The van der Waals surface area contributed by atoms with E-state index in [0.29, 0.717) is 19.5 Å². The van der Waals surface area contributed by atoms with Crippen molar-refractivity contribution in [2.24, 2.45) is 13.0 Å². The topological polar surface area (TPSA) is 87.5 Å². The van der Waals surface area contributed by atoms with Crippen molar-refractivity contribution < 1.29 is 14.7 Å². The number of carboxylic acid groups (broad SMARTS) is 1. The van der Waals surface area contributed by atoms with Crippen molar-refractivity contribution >= 4 is 12.0 Å². The number of hydrogen-bond acceptors (Lipinski definition) is 3. The van der Waals surface area contributed by atoms with Gasteiger partial charge < -0.3 is 15.3 Å². The number of carbonyl (C=O) groups is 2. The highest BCUT2D eigenvalue weighted by molar-refractivity contribution is 5.76. The summed E-state index contributed by atoms with van der Waals surface area (Å²) in [6.07, 6.45) is 4.89. The number of nitrogens with one attached hydrogen (secondary N) is 1. The van der Waals surface area contributed by atoms with Crippen LogP contribution in [0.15, 0.2) is 12.4 Å². The number of rotatable bonds is 3. The molecule has 7 heteroatoms. The van der Waals surface area contributed by atoms with Crippen LogP contribution in [0, 0.1) is 5.92 Å². The van der Waals surface area contributed by atoms with Crippen molar-refractivity contribution in [3.63, 3.8) is 0 Å². The molecule has 1 aromatic rings. The molecule has 7 nitrogen and oxygen atoms in total. The Bertz CT molecular complexity index is 471. The van der Waals surface area contributed by atoms with E-state index in [1.165, 1.54) is 0 Å². The molecule has 1 aliphatic rings. The molecular weight excluding hydrogens is 248 g/mol. The number of carbonyl (C=O) groups excluding carboxylic acids is 1. The summed E-state index contributed by atoms with van der Waals surface area (Å²) in [4.78, 5) is 24.4. The molecule has 0 aliphatic carbocycles. The molecule has 0 radical (unpaired) electrons. The lowest BCUT2D eigenvalue weighted by molar-refractivity contribution is -0.143. The summed E-state index contributed by atoms with van der Waals surface area (Å²) in [5.74, 6) is -1.28. The monoisotopic (exact) mass is 266 g/mol. The maximum atomic E-state index is 11.9. The molecule has 2 N–H and O–H groups in total. The van der Waals surface area contributed by atoms with Gasteiger partial charge in [-0.3, -0.25) is 9.48 Å². The Balaban J connectivity index is 1.84. The quantitative estimate of drug-likeness (QED) is 0.830. The van der Waals surface area contributed by atoms with Crippen LogP contribution in [-0.4, -0.2) is 44.9 Å². The minimum absolute atomic E-state index is 0.213. The molecule has 1 aliphatic heterocycles. The first-order chi connectivity index (χ1) is 9.06. The molecular formula is C12H18N4O3. The van der Waals surface area contributed by atoms with Gasteiger partial charge in [0.2, 0.25) is 0 Å². The lowest BCUT2D eigenvalue weighted by Gasteiger charge is -2.30. The van der Waals surface area contributed by atoms with Crippen molar-refractivity contribution in [3.8, 4) is 0 Å². The van der Waals surface area contributed by atoms with E-state index in [4.69, 9.17) is 5.11 Å². The number of hydrogen-bond donors (Lipinski definition) is 2. The largest absolute Gasteiger partial charge is 0.481 e. The van der Waals surface area contributed by atoms with Crippen LogP contribution in [0.1, 0.15) is 18.4 Å². The molecule has 19 heavy (non-hydrogen) atoms. The Kier molecular flexibility index (Phi) is 4.03. The predicted molar refractivity (Wildman–Crippen MR) is 67.4 cm³/mol. The molecule has 104 valence electrons. The maximum Gasteiger partial charge on any atom is 0.317 e. The van der Waals surface area contributed by atoms with Gasteiger partial charge in [-0.25, -0.2) is 4.79 Å². The zero-order chi connectivity index (χ0) is 13.8. The van der Waals surface area contributed by atoms with E-state index >= 15 is 0 Å². The van der Waals surface area contributed by atoms with Crippen LogP contribution in [0.3, 0.4) is 0 Å². The number of urea groups is 1. The Morgan fingerprint density at radius 1 is 1.58 bits per heavy atom. The summed E-state index contributed by atoms with van der Waals surface area (Å²) < 4.78 is 1.67. The van der Waals surface area contributed by atoms with E-state index in [1.807, 2.05) is 13.2 Å². The van der Waals surface area contributed by atoms with Gasteiger partial charge >= 0.3 is 12.0 Å². The number of aliphatic carboxylic acids is 1. The summed E-state index contributed by atoms with van der Waals surface area (Å²) >= 11 is 0. The lowest BCUT2D eigenvalue weighted by Crippen LogP contribution is -2.46. The highest BCUT2D eigenvalue weighted by Crippen LogP contribution is 2.16. The zero-order valence-electron chi connectivity index (χ0n) is 10.9. The normalized spacial score (nSPS) is 19.2. The van der Waals surface area contributed by atoms with Crippen LogP contribution >= 0.6 is 0 Å². The number of piperidine rings is 1. The zero-order valence-corrected chi connectivity index (χ0v) is 10.9. The third-order valence-corrected chi connectivity index (χ3v) is 3.26. The molecule has 1 aromatic heterocycles. The summed E-state index contributed by atoms with van der Waals surface area (Å²) in [6.45, 7) is 1.30. The lowest BCUT2D eigenvalue weighted by atomic mass is 9.99. The minimum atomic E-state index is -0.829. The van der Waals surface area contributed by atoms with Crippen LogP contribution in [0.4, 0.5) is 4.79 Å². The van der Waals surface area contributed by atoms with E-state index in [1.54, 1.807) is 15.8 Å². The Labute approximate surface area is 111 Å². The van der Waals surface area contributed by atoms with Gasteiger partial charge in [0.05, 0.1) is 12.1 Å². The summed E-state index contributed by atoms with van der Waals surface area (Å²) in [5, 5.41) is 15.8. The Morgan fingerprint density at radius 2 is 2.37 bits per heavy atom. The van der Waals surface area contributed by atoms with E-state index in [0.717, 1.165) is 12.0 Å². The minimum Gasteiger partial charge on any atom is -0.481 e. The average molecular weight is 266 g/mol. The standard InChI is InChI=1S/C12H18N4O3/c1-15-7-9(6-14-15)5-13-12(19)16-4-2-3-10(8-16)11(17)18/h6-7,10H,2-5,8H2,1H3,(H,13,19)(H,17,18). The fourth-order valence-electron chi connectivity index (χ4n) is 2.22. The molecule has 0 bridgehead atoms. The Morgan fingerprint density at radius 3 is 3.00 bits per heavy atom. The smallest absolute Gasteiger partial charge is 0.317 e. The van der Waals surface area contributed by atoms with Crippen LogP contribution in [-0.2, 0) is 18.4 Å². The Hall–Kier alpha value is -2.05. The molecule has 1 fully saturated rings. The molecule has 2 rings (SSSR count). The van der Waals surface area contributed by atoms with Crippen molar-refractivity contribution in [1.29, 1.82) is 0 Å². The summed E-state index contributed by atoms with van der Waals surface area (Å²) in [6, 6.07) is -0.213. The van der Waals surface area contributed by atoms with Crippen molar-refractivity contribution in [2.75, 3.05) is 13.1 Å². The van der Waals surface area contributed by atoms with E-state index in [9.17, 15) is 9.59 Å². The fraction of sp³-hybridized carbons (Fsp3) is 0.583. The summed E-state index contributed by atoms with van der Waals surface area (Å²) in [5.41, 5.74) is 0.919. The molecule has 2 amide bonds. The van der Waals surface area contributed by atoms with Crippen molar-refractivity contribution in [3.05, 3.63) is 18.0 Å². The first kappa shape index (κ1) is 13.4. The van der Waals surface area contributed by atoms with Gasteiger partial charge in [0.25, 0.3) is 0 Å². The molecule has 0 saturated carbocycles. The van der Waals surface area contributed by atoms with Gasteiger partial charge in [-0.05, 0) is 12.8 Å². The van der Waals surface area contributed by atoms with E-state index in [-0.39, 0.29) is 12.6 Å². The van der Waals surface area contributed by atoms with Crippen LogP contribution in [0.5, 0.6) is 0 Å². The molecule has 1 unspecified atom stereocenters. The predicted octanol–water partition coefficient (Wildman–Crippen LogP) is 0.426. The third-order valence-electron chi connectivity index (χ3n) is 3.26. The SMILES string of the molecule is Cn1cc(CNC(=O)N2CCCC(C(=O)O)C2)cn1. The number of aryl methyl sites for hydroxylation is 1. The van der Waals surface area contributed by atoms with Crippen LogP contribution < -0.4 is 5.32 Å². The molecule has 0 spiro atoms. The van der Waals surface area contributed by atoms with Gasteiger partial charge in [-0.1, -0.05) is 0 Å². The number of nitrogens with zero attached hydrogens (tertiary/aromatic N) is 3. The van der Waals surface area contributed by atoms with Gasteiger partial charge in [-0.2, -0.15) is 5.10 Å². The second-order valence-electron chi connectivity index (χ2n) is 4.80. The highest BCUT2D eigenvalue weighted by atomic mass is 16.4. The van der Waals surface area contributed by atoms with E-state index < -0.39 is 11.9 Å². The number of likely N-dealkylation sites (tertiary alicyclic amines) is 1. The molecule has 1 saturated heterocycles. The van der Waals surface area contributed by atoms with Crippen LogP contribution in [0.2, 0.25) is 0 Å². The van der Waals surface area contributed by atoms with E-state index in [2.05, 4.69) is 10.4 Å². The van der Waals surface area contributed by atoms with Crippen molar-refractivity contribution in [2.45, 2.75) is 19.4 Å². The van der Waals surface area contributed by atoms with Gasteiger partial charge in [-0.15, -0.1) is 0 Å². The number of amides is 2. The first-order valence-electron chi connectivity index (χ1n) is 6.29. The van der Waals surface area contributed by atoms with Crippen molar-refractivity contribution in [1.82, 2.24) is 20.0 Å². The number of carboxylic acids is 1. The van der Waals surface area contributed by atoms with Gasteiger partial charge in [0.15, 0.2) is 0 Å². The van der Waals surface area contributed by atoms with Gasteiger partial charge in [0.1, 0.15) is 0 Å². The molecule has 0 aromatic carbocycles. The molecule has 2 heterocycles. The van der Waals surface area contributed by atoms with Gasteiger partial charge in [0, 0.05) is 38.4 Å². The van der Waals surface area contributed by atoms with Crippen LogP contribution in [0.25, 0.3) is 0 Å². The highest BCUT2D eigenvalue weighted by Gasteiger charge is 2.27. The maximum absolute atomic E-state index is 11.9. The first-order valence-corrected chi connectivity index (χ1v) is 6.29. The second-order valence-corrected chi connectivity index (χ2v) is 4.80. The fourth-order valence-corrected chi connectivity index (χ4v) is 2.22. The number of aromatic nitrogens is 2. The third kappa shape index (κ3) is 3.46. The summed E-state index contributed by atoms with van der Waals surface area (Å²) in [7, 11) is 1.81. The second kappa shape index (κ2) is 5.73. The average Bonchev–Trinajstić information content (AvgIpc) is 2.82.